The average molecular weight is 1500 g/mol. The summed E-state index contributed by atoms with van der Waals surface area (Å²) in [5.41, 5.74) is 0. The summed E-state index contributed by atoms with van der Waals surface area (Å²) in [6.45, 7) is 1.61. The Morgan fingerprint density at radius 2 is 0.660 bits per heavy atom. The number of ether oxygens (including phenoxy) is 6. The average Bonchev–Trinajstić information content (AvgIpc) is 0.780. The first kappa shape index (κ1) is 96.4. The first-order chi connectivity index (χ1) is 51.8. The van der Waals surface area contributed by atoms with Crippen LogP contribution < -0.4 is 5.32 Å². The molecule has 17 unspecified atom stereocenters. The van der Waals surface area contributed by atoms with Gasteiger partial charge in [0.15, 0.2) is 18.9 Å². The number of allylic oxidation sites excluding steroid dienone is 19. The maximum Gasteiger partial charge on any atom is 0.220 e. The van der Waals surface area contributed by atoms with Crippen molar-refractivity contribution in [2.45, 2.75) is 394 Å². The van der Waals surface area contributed by atoms with Gasteiger partial charge in [-0.1, -0.05) is 302 Å². The Balaban J connectivity index is 1.39. The third-order valence-electron chi connectivity index (χ3n) is 20.0. The minimum absolute atomic E-state index is 0.217. The second kappa shape index (κ2) is 65.9. The lowest BCUT2D eigenvalue weighted by molar-refractivity contribution is -0.379. The molecule has 0 aromatic carbocycles. The largest absolute Gasteiger partial charge is 0.394 e. The third-order valence-corrected chi connectivity index (χ3v) is 20.0. The van der Waals surface area contributed by atoms with Gasteiger partial charge in [0.1, 0.15) is 73.2 Å². The van der Waals surface area contributed by atoms with Crippen LogP contribution in [0.15, 0.2) is 122 Å². The fourth-order valence-electron chi connectivity index (χ4n) is 13.3. The highest BCUT2D eigenvalue weighted by Crippen LogP contribution is 2.33. The summed E-state index contributed by atoms with van der Waals surface area (Å²) < 4.78 is 34.4. The maximum absolute atomic E-state index is 13.5. The van der Waals surface area contributed by atoms with Gasteiger partial charge in [-0.15, -0.1) is 0 Å². The van der Waals surface area contributed by atoms with E-state index in [4.69, 9.17) is 28.4 Å². The van der Waals surface area contributed by atoms with Gasteiger partial charge in [-0.3, -0.25) is 4.79 Å². The predicted octanol–water partition coefficient (Wildman–Crippen LogP) is 14.7. The molecule has 610 valence electrons. The number of nitrogens with one attached hydrogen (secondary N) is 1. The van der Waals surface area contributed by atoms with E-state index in [2.05, 4.69) is 129 Å². The van der Waals surface area contributed by atoms with Gasteiger partial charge in [0.2, 0.25) is 5.91 Å². The van der Waals surface area contributed by atoms with Crippen LogP contribution in [0.3, 0.4) is 0 Å². The highest BCUT2D eigenvalue weighted by atomic mass is 16.8. The normalized spacial score (nSPS) is 26.3. The second-order valence-electron chi connectivity index (χ2n) is 29.2. The molecule has 3 heterocycles. The molecular formula is C87H149NO18. The van der Waals surface area contributed by atoms with E-state index >= 15 is 0 Å². The van der Waals surface area contributed by atoms with Crippen LogP contribution in [0.4, 0.5) is 0 Å². The van der Waals surface area contributed by atoms with Crippen LogP contribution in [0.5, 0.6) is 0 Å². The van der Waals surface area contributed by atoms with Gasteiger partial charge in [0, 0.05) is 6.42 Å². The molecule has 0 saturated carbocycles. The molecular weight excluding hydrogens is 1350 g/mol. The van der Waals surface area contributed by atoms with Crippen LogP contribution in [0.1, 0.15) is 290 Å². The Bertz CT molecular complexity index is 2390. The van der Waals surface area contributed by atoms with Gasteiger partial charge in [0.25, 0.3) is 0 Å². The number of aliphatic hydroxyl groups is 11. The van der Waals surface area contributed by atoms with Crippen molar-refractivity contribution in [3.05, 3.63) is 122 Å². The zero-order valence-corrected chi connectivity index (χ0v) is 65.4. The summed E-state index contributed by atoms with van der Waals surface area (Å²) in [4.78, 5) is 13.5. The van der Waals surface area contributed by atoms with E-state index < -0.39 is 124 Å². The van der Waals surface area contributed by atoms with E-state index in [0.717, 1.165) is 103 Å². The summed E-state index contributed by atoms with van der Waals surface area (Å²) in [5, 5.41) is 121. The summed E-state index contributed by atoms with van der Waals surface area (Å²) in [6, 6.07) is -1.01. The Hall–Kier alpha value is -3.81. The van der Waals surface area contributed by atoms with E-state index in [1.165, 1.54) is 154 Å². The van der Waals surface area contributed by atoms with Gasteiger partial charge in [-0.05, 0) is 103 Å². The molecule has 17 atom stereocenters. The highest BCUT2D eigenvalue weighted by Gasteiger charge is 2.54. The van der Waals surface area contributed by atoms with Crippen LogP contribution in [-0.4, -0.2) is 193 Å². The Morgan fingerprint density at radius 3 is 1.06 bits per heavy atom. The van der Waals surface area contributed by atoms with Crippen LogP contribution in [0.2, 0.25) is 0 Å². The summed E-state index contributed by atoms with van der Waals surface area (Å²) in [7, 11) is 0. The smallest absolute Gasteiger partial charge is 0.220 e. The fourth-order valence-corrected chi connectivity index (χ4v) is 13.3. The molecule has 1 amide bonds. The molecule has 3 saturated heterocycles. The minimum Gasteiger partial charge on any atom is -0.394 e. The van der Waals surface area contributed by atoms with Crippen molar-refractivity contribution in [2.24, 2.45) is 0 Å². The number of carbonyl (C=O) groups is 1. The van der Waals surface area contributed by atoms with Gasteiger partial charge in [0.05, 0.1) is 38.6 Å². The number of hydrogen-bond acceptors (Lipinski definition) is 18. The number of rotatable bonds is 65. The van der Waals surface area contributed by atoms with E-state index in [1.54, 1.807) is 6.08 Å². The monoisotopic (exact) mass is 1500 g/mol. The van der Waals surface area contributed by atoms with Crippen molar-refractivity contribution in [3.63, 3.8) is 0 Å². The molecule has 3 aliphatic rings. The molecule has 0 aromatic heterocycles. The van der Waals surface area contributed by atoms with Gasteiger partial charge in [-0.25, -0.2) is 0 Å². The van der Waals surface area contributed by atoms with Crippen molar-refractivity contribution in [3.8, 4) is 0 Å². The van der Waals surface area contributed by atoms with Crippen LogP contribution in [0, 0.1) is 0 Å². The van der Waals surface area contributed by atoms with E-state index in [-0.39, 0.29) is 18.9 Å². The zero-order chi connectivity index (χ0) is 76.7. The first-order valence-corrected chi connectivity index (χ1v) is 41.8. The zero-order valence-electron chi connectivity index (χ0n) is 65.4. The molecule has 0 spiro atoms. The maximum atomic E-state index is 13.5. The Kier molecular flexibility index (Phi) is 59.9. The third kappa shape index (κ3) is 44.9. The Labute approximate surface area is 639 Å². The molecule has 19 heteroatoms. The molecule has 0 aromatic rings. The topological polar surface area (TPSA) is 307 Å². The lowest BCUT2D eigenvalue weighted by Gasteiger charge is -2.48. The minimum atomic E-state index is -1.99. The lowest BCUT2D eigenvalue weighted by atomic mass is 9.96. The Morgan fingerprint density at radius 1 is 0.349 bits per heavy atom. The first-order valence-electron chi connectivity index (χ1n) is 41.8. The van der Waals surface area contributed by atoms with E-state index in [0.29, 0.717) is 12.8 Å². The molecule has 0 bridgehead atoms. The van der Waals surface area contributed by atoms with Crippen LogP contribution >= 0.6 is 0 Å². The van der Waals surface area contributed by atoms with Crippen LogP contribution in [-0.2, 0) is 33.2 Å². The number of hydrogen-bond donors (Lipinski definition) is 12. The lowest BCUT2D eigenvalue weighted by Crippen LogP contribution is -2.66. The van der Waals surface area contributed by atoms with Gasteiger partial charge in [-0.2, -0.15) is 0 Å². The van der Waals surface area contributed by atoms with Gasteiger partial charge >= 0.3 is 0 Å². The van der Waals surface area contributed by atoms with Gasteiger partial charge < -0.3 is 89.9 Å². The predicted molar refractivity (Wildman–Crippen MR) is 424 cm³/mol. The molecule has 3 aliphatic heterocycles. The number of carbonyl (C=O) groups excluding carboxylic acids is 1. The van der Waals surface area contributed by atoms with Crippen molar-refractivity contribution < 1.29 is 89.4 Å². The summed E-state index contributed by atoms with van der Waals surface area (Å²) in [6.07, 6.45) is 66.1. The van der Waals surface area contributed by atoms with Crippen molar-refractivity contribution in [1.29, 1.82) is 0 Å². The number of amides is 1. The molecule has 0 radical (unpaired) electrons. The SMILES string of the molecule is CC/C=C\C/C=C\C/C=C\C/C=C\C/C=C\C/C=C\C/C=C\CCCCCCCCCCCC(=O)NC(COC1OC(CO)C(OC2OC(CO)C(OC3OC(CO)C(O)C(O)C3O)C(O)C2O)C(O)C1O)C(O)/C=C/CC/C=C/CC/C=C/CCCCCCCCCCCCCCCCCCCCCC. The molecule has 19 nitrogen and oxygen atoms in total. The number of aliphatic hydroxyl groups excluding tert-OH is 11. The molecule has 3 fully saturated rings. The van der Waals surface area contributed by atoms with E-state index in [9.17, 15) is 61.0 Å². The molecule has 106 heavy (non-hydrogen) atoms. The summed E-state index contributed by atoms with van der Waals surface area (Å²) in [5.74, 6) is -0.299. The van der Waals surface area contributed by atoms with E-state index in [1.807, 2.05) is 6.08 Å². The number of unbranched alkanes of at least 4 members (excludes halogenated alkanes) is 31. The highest BCUT2D eigenvalue weighted by molar-refractivity contribution is 5.76. The van der Waals surface area contributed by atoms with Crippen molar-refractivity contribution >= 4 is 5.91 Å². The van der Waals surface area contributed by atoms with Crippen LogP contribution in [0.25, 0.3) is 0 Å². The van der Waals surface area contributed by atoms with Crippen molar-refractivity contribution in [2.75, 3.05) is 26.4 Å². The molecule has 3 rings (SSSR count). The quantitative estimate of drug-likeness (QED) is 0.0199. The molecule has 0 aliphatic carbocycles. The fraction of sp³-hybridized carbons (Fsp3) is 0.759. The molecule has 12 N–H and O–H groups in total. The summed E-state index contributed by atoms with van der Waals surface area (Å²) >= 11 is 0. The van der Waals surface area contributed by atoms with Crippen molar-refractivity contribution in [1.82, 2.24) is 5.32 Å². The standard InChI is InChI=1S/C87H149NO18/c1-3-5-7-9-11-13-15-17-19-21-23-25-27-29-31-33-35-37-39-41-43-45-47-49-51-53-55-57-59-61-63-65-75(93)88-70(71(92)64-62-60-58-56-54-52-50-48-46-44-42-40-38-36-34-32-30-28-26-24-22-20-18-16-14-12-10-8-6-4-2)69-101-85-81(99)78(96)83(73(67-90)103-85)106-87-82(100)79(97)84(74(68-91)104-87)105-86-80(98)77(95)76(94)72(66-89)102-86/h5,7,11,13,17,19,23,25,29,31,35,37,41,43,46,48,54,56,62,64,70-74,76-87,89-92,94-100H,3-4,6,8-10,12,14-16,18,20-22,24,26-28,30,32-34,36,38-40,42,44-45,47,49-53,55,57-61,63,65-69H2,1-2H3,(H,88,93)/b7-5-,13-11-,19-17-,25-23-,31-29-,37-35-,43-41-,48-46+,56-54+,64-62+. The second-order valence-corrected chi connectivity index (χ2v) is 29.2.